The van der Waals surface area contributed by atoms with Crippen LogP contribution >= 0.6 is 0 Å². The largest absolute Gasteiger partial charge is 0.497 e. The monoisotopic (exact) mass is 313 g/mol. The molecule has 2 rings (SSSR count). The van der Waals surface area contributed by atoms with Gasteiger partial charge in [-0.2, -0.15) is 4.31 Å². The zero-order valence-corrected chi connectivity index (χ0v) is 13.8. The second kappa shape index (κ2) is 5.59. The summed E-state index contributed by atoms with van der Waals surface area (Å²) in [4.78, 5) is 0.321. The van der Waals surface area contributed by atoms with Gasteiger partial charge in [-0.25, -0.2) is 8.42 Å². The summed E-state index contributed by atoms with van der Waals surface area (Å²) < 4.78 is 32.0. The Morgan fingerprint density at radius 1 is 1.29 bits per heavy atom. The topological polar surface area (TPSA) is 66.8 Å². The Morgan fingerprint density at radius 2 is 1.81 bits per heavy atom. The van der Waals surface area contributed by atoms with E-state index in [1.54, 1.807) is 33.1 Å². The molecule has 1 fully saturated rings. The summed E-state index contributed by atoms with van der Waals surface area (Å²) >= 11 is 0. The number of aryl methyl sites for hydroxylation is 2. The predicted molar refractivity (Wildman–Crippen MR) is 81.1 cm³/mol. The Morgan fingerprint density at radius 3 is 2.24 bits per heavy atom. The minimum atomic E-state index is -3.56. The van der Waals surface area contributed by atoms with Gasteiger partial charge in [-0.05, 0) is 43.5 Å². The van der Waals surface area contributed by atoms with Crippen molar-refractivity contribution in [3.8, 4) is 5.75 Å². The van der Waals surface area contributed by atoms with Crippen molar-refractivity contribution in [1.82, 2.24) is 4.31 Å². The van der Waals surface area contributed by atoms with Crippen LogP contribution in [0.1, 0.15) is 30.9 Å². The van der Waals surface area contributed by atoms with E-state index in [1.807, 2.05) is 6.92 Å². The minimum absolute atomic E-state index is 0.175. The molecule has 1 aliphatic heterocycles. The summed E-state index contributed by atoms with van der Waals surface area (Å²) in [5.41, 5.74) is 0.464. The fourth-order valence-corrected chi connectivity index (χ4v) is 4.98. The number of sulfonamides is 1. The summed E-state index contributed by atoms with van der Waals surface area (Å²) in [5.74, 6) is 0.648. The van der Waals surface area contributed by atoms with Crippen LogP contribution < -0.4 is 4.74 Å². The molecule has 0 aromatic heterocycles. The molecule has 21 heavy (non-hydrogen) atoms. The van der Waals surface area contributed by atoms with E-state index in [4.69, 9.17) is 4.74 Å². The van der Waals surface area contributed by atoms with Gasteiger partial charge in [-0.15, -0.1) is 0 Å². The molecule has 0 radical (unpaired) electrons. The number of aliphatic hydroxyl groups is 1. The number of ether oxygens (including phenoxy) is 1. The van der Waals surface area contributed by atoms with Crippen LogP contribution in [0.5, 0.6) is 5.75 Å². The number of rotatable bonds is 5. The summed E-state index contributed by atoms with van der Waals surface area (Å²) in [5, 5.41) is 10.2. The van der Waals surface area contributed by atoms with Crippen molar-refractivity contribution in [3.63, 3.8) is 0 Å². The summed E-state index contributed by atoms with van der Waals surface area (Å²) in [6.45, 7) is 5.86. The first-order valence-electron chi connectivity index (χ1n) is 7.11. The highest BCUT2D eigenvalue weighted by molar-refractivity contribution is 7.89. The Hall–Kier alpha value is -1.11. The number of hydrogen-bond acceptors (Lipinski definition) is 4. The zero-order valence-electron chi connectivity index (χ0n) is 13.0. The highest BCUT2D eigenvalue weighted by Crippen LogP contribution is 2.34. The van der Waals surface area contributed by atoms with E-state index < -0.39 is 15.6 Å². The van der Waals surface area contributed by atoms with E-state index in [0.717, 1.165) is 6.42 Å². The molecule has 1 saturated heterocycles. The lowest BCUT2D eigenvalue weighted by atomic mass is 9.92. The highest BCUT2D eigenvalue weighted by Gasteiger charge is 2.47. The number of β-amino-alcohol motifs (C(OH)–C–C–N with tert-alkyl or cyclic N) is 1. The van der Waals surface area contributed by atoms with Gasteiger partial charge in [0.05, 0.1) is 17.6 Å². The first-order chi connectivity index (χ1) is 9.73. The van der Waals surface area contributed by atoms with E-state index >= 15 is 0 Å². The smallest absolute Gasteiger partial charge is 0.243 e. The van der Waals surface area contributed by atoms with Gasteiger partial charge in [0, 0.05) is 13.1 Å². The van der Waals surface area contributed by atoms with Crippen LogP contribution in [-0.2, 0) is 10.0 Å². The zero-order chi connectivity index (χ0) is 15.8. The fourth-order valence-electron chi connectivity index (χ4n) is 2.97. The van der Waals surface area contributed by atoms with Crippen molar-refractivity contribution in [2.45, 2.75) is 44.1 Å². The SMILES string of the molecule is CCCC1(O)CN(S(=O)(=O)c2c(C)cc(OC)cc2C)C1. The molecule has 0 unspecified atom stereocenters. The second-order valence-corrected chi connectivity index (χ2v) is 7.71. The van der Waals surface area contributed by atoms with Gasteiger partial charge >= 0.3 is 0 Å². The normalized spacial score (nSPS) is 18.3. The average molecular weight is 313 g/mol. The van der Waals surface area contributed by atoms with Gasteiger partial charge in [-0.3, -0.25) is 0 Å². The maximum absolute atomic E-state index is 12.7. The number of nitrogens with zero attached hydrogens (tertiary/aromatic N) is 1. The summed E-state index contributed by atoms with van der Waals surface area (Å²) in [7, 11) is -2.00. The van der Waals surface area contributed by atoms with Crippen molar-refractivity contribution < 1.29 is 18.3 Å². The van der Waals surface area contributed by atoms with Crippen molar-refractivity contribution in [2.75, 3.05) is 20.2 Å². The van der Waals surface area contributed by atoms with Crippen LogP contribution in [0.4, 0.5) is 0 Å². The van der Waals surface area contributed by atoms with Crippen molar-refractivity contribution >= 4 is 10.0 Å². The molecule has 0 bridgehead atoms. The predicted octanol–water partition coefficient (Wildman–Crippen LogP) is 1.85. The van der Waals surface area contributed by atoms with Gasteiger partial charge in [-0.1, -0.05) is 13.3 Å². The Bertz CT molecular complexity index is 610. The van der Waals surface area contributed by atoms with Gasteiger partial charge < -0.3 is 9.84 Å². The minimum Gasteiger partial charge on any atom is -0.497 e. The van der Waals surface area contributed by atoms with Crippen molar-refractivity contribution in [3.05, 3.63) is 23.3 Å². The quantitative estimate of drug-likeness (QED) is 0.901. The van der Waals surface area contributed by atoms with E-state index in [1.165, 1.54) is 4.31 Å². The lowest BCUT2D eigenvalue weighted by molar-refractivity contribution is -0.0653. The van der Waals surface area contributed by atoms with Gasteiger partial charge in [0.15, 0.2) is 0 Å². The standard InChI is InChI=1S/C15H23NO4S/c1-5-6-15(17)9-16(10-15)21(18,19)14-11(2)7-13(20-4)8-12(14)3/h7-8,17H,5-6,9-10H2,1-4H3. The number of hydrogen-bond donors (Lipinski definition) is 1. The average Bonchev–Trinajstić information content (AvgIpc) is 2.34. The van der Waals surface area contributed by atoms with Crippen LogP contribution in [0.25, 0.3) is 0 Å². The second-order valence-electron chi connectivity index (χ2n) is 5.84. The molecular weight excluding hydrogens is 290 g/mol. The Labute approximate surface area is 126 Å². The summed E-state index contributed by atoms with van der Waals surface area (Å²) in [6.07, 6.45) is 1.46. The van der Waals surface area contributed by atoms with Gasteiger partial charge in [0.25, 0.3) is 0 Å². The van der Waals surface area contributed by atoms with Crippen LogP contribution in [0, 0.1) is 13.8 Å². The third kappa shape index (κ3) is 2.93. The number of benzene rings is 1. The van der Waals surface area contributed by atoms with Crippen LogP contribution in [-0.4, -0.2) is 43.6 Å². The van der Waals surface area contributed by atoms with E-state index in [2.05, 4.69) is 0 Å². The summed E-state index contributed by atoms with van der Waals surface area (Å²) in [6, 6.07) is 3.44. The Balaban J connectivity index is 2.30. The number of methoxy groups -OCH3 is 1. The van der Waals surface area contributed by atoms with Gasteiger partial charge in [0.1, 0.15) is 5.75 Å². The maximum atomic E-state index is 12.7. The molecule has 1 N–H and O–H groups in total. The van der Waals surface area contributed by atoms with E-state index in [0.29, 0.717) is 28.2 Å². The molecule has 1 heterocycles. The van der Waals surface area contributed by atoms with Crippen LogP contribution in [0.2, 0.25) is 0 Å². The molecule has 0 saturated carbocycles. The first kappa shape index (κ1) is 16.3. The third-order valence-corrected chi connectivity index (χ3v) is 6.02. The first-order valence-corrected chi connectivity index (χ1v) is 8.55. The molecule has 0 spiro atoms. The Kier molecular flexibility index (Phi) is 4.33. The molecule has 0 amide bonds. The molecule has 118 valence electrons. The van der Waals surface area contributed by atoms with Crippen LogP contribution in [0.3, 0.4) is 0 Å². The molecule has 1 aromatic rings. The molecular formula is C15H23NO4S. The van der Waals surface area contributed by atoms with E-state index in [9.17, 15) is 13.5 Å². The lowest BCUT2D eigenvalue weighted by Crippen LogP contribution is -2.63. The molecule has 0 aliphatic carbocycles. The van der Waals surface area contributed by atoms with E-state index in [-0.39, 0.29) is 13.1 Å². The molecule has 0 atom stereocenters. The van der Waals surface area contributed by atoms with Crippen molar-refractivity contribution in [2.24, 2.45) is 0 Å². The lowest BCUT2D eigenvalue weighted by Gasteiger charge is -2.45. The molecule has 1 aromatic carbocycles. The highest BCUT2D eigenvalue weighted by atomic mass is 32.2. The third-order valence-electron chi connectivity index (χ3n) is 3.92. The fraction of sp³-hybridized carbons (Fsp3) is 0.600. The van der Waals surface area contributed by atoms with Crippen molar-refractivity contribution in [1.29, 1.82) is 0 Å². The molecule has 1 aliphatic rings. The molecule has 5 nitrogen and oxygen atoms in total. The van der Waals surface area contributed by atoms with Gasteiger partial charge in [0.2, 0.25) is 10.0 Å². The van der Waals surface area contributed by atoms with Crippen LogP contribution in [0.15, 0.2) is 17.0 Å². The molecule has 6 heteroatoms. The maximum Gasteiger partial charge on any atom is 0.243 e.